The summed E-state index contributed by atoms with van der Waals surface area (Å²) in [6.45, 7) is 3.09. The van der Waals surface area contributed by atoms with Crippen LogP contribution in [0.25, 0.3) is 10.9 Å². The van der Waals surface area contributed by atoms with Gasteiger partial charge in [0, 0.05) is 29.9 Å². The van der Waals surface area contributed by atoms with Crippen LogP contribution in [0.5, 0.6) is 0 Å². The fraction of sp³-hybridized carbons (Fsp3) is 0.286. The molecule has 0 radical (unpaired) electrons. The Labute approximate surface area is 96.1 Å². The highest BCUT2D eigenvalue weighted by Crippen LogP contribution is 2.14. The quantitative estimate of drug-likeness (QED) is 0.563. The molecule has 0 saturated carbocycles. The summed E-state index contributed by atoms with van der Waals surface area (Å²) in [6, 6.07) is 10.2. The third kappa shape index (κ3) is 2.45. The molecule has 0 unspecified atom stereocenters. The summed E-state index contributed by atoms with van der Waals surface area (Å²) in [7, 11) is 0. The van der Waals surface area contributed by atoms with Crippen LogP contribution in [0.2, 0.25) is 0 Å². The number of fused-ring (bicyclic) bond motifs is 1. The lowest BCUT2D eigenvalue weighted by Crippen LogP contribution is -1.87. The van der Waals surface area contributed by atoms with E-state index >= 15 is 0 Å². The monoisotopic (exact) mass is 212 g/mol. The number of pyridine rings is 1. The van der Waals surface area contributed by atoms with Crippen molar-refractivity contribution in [2.24, 2.45) is 4.99 Å². The molecular weight excluding hydrogens is 196 g/mol. The van der Waals surface area contributed by atoms with Crippen molar-refractivity contribution in [3.63, 3.8) is 0 Å². The van der Waals surface area contributed by atoms with Gasteiger partial charge in [-0.05, 0) is 18.6 Å². The van der Waals surface area contributed by atoms with Gasteiger partial charge in [-0.15, -0.1) is 0 Å². The molecule has 82 valence electrons. The van der Waals surface area contributed by atoms with Crippen molar-refractivity contribution in [1.29, 1.82) is 0 Å². The summed E-state index contributed by atoms with van der Waals surface area (Å²) in [4.78, 5) is 8.75. The number of rotatable bonds is 4. The van der Waals surface area contributed by atoms with E-state index in [4.69, 9.17) is 0 Å². The van der Waals surface area contributed by atoms with Crippen LogP contribution in [-0.4, -0.2) is 17.7 Å². The van der Waals surface area contributed by atoms with Crippen molar-refractivity contribution in [3.8, 4) is 0 Å². The standard InChI is InChI=1S/C14H16N2/c1-2-3-9-15-11-12-6-4-8-14-13(12)7-5-10-16-14/h4-8,10-11H,2-3,9H2,1H3. The molecule has 0 atom stereocenters. The number of unbranched alkanes of at least 4 members (excludes halogenated alkanes) is 1. The van der Waals surface area contributed by atoms with E-state index in [1.165, 1.54) is 11.8 Å². The van der Waals surface area contributed by atoms with E-state index in [0.717, 1.165) is 24.0 Å². The van der Waals surface area contributed by atoms with E-state index in [-0.39, 0.29) is 0 Å². The van der Waals surface area contributed by atoms with Crippen molar-refractivity contribution in [3.05, 3.63) is 42.1 Å². The summed E-state index contributed by atoms with van der Waals surface area (Å²) in [5, 5.41) is 1.17. The van der Waals surface area contributed by atoms with Crippen LogP contribution >= 0.6 is 0 Å². The van der Waals surface area contributed by atoms with Gasteiger partial charge in [-0.3, -0.25) is 9.98 Å². The topological polar surface area (TPSA) is 25.2 Å². The van der Waals surface area contributed by atoms with Gasteiger partial charge in [0.25, 0.3) is 0 Å². The molecule has 0 aliphatic carbocycles. The first-order valence-electron chi connectivity index (χ1n) is 5.75. The number of hydrogen-bond acceptors (Lipinski definition) is 2. The molecule has 0 spiro atoms. The molecule has 0 saturated heterocycles. The molecule has 2 aromatic rings. The lowest BCUT2D eigenvalue weighted by atomic mass is 10.1. The first-order chi connectivity index (χ1) is 7.92. The maximum Gasteiger partial charge on any atom is 0.0708 e. The SMILES string of the molecule is CCCCN=Cc1cccc2ncccc12. The van der Waals surface area contributed by atoms with Crippen LogP contribution in [0.1, 0.15) is 25.3 Å². The summed E-state index contributed by atoms with van der Waals surface area (Å²) in [5.74, 6) is 0. The number of benzene rings is 1. The number of nitrogens with zero attached hydrogens (tertiary/aromatic N) is 2. The van der Waals surface area contributed by atoms with Crippen LogP contribution < -0.4 is 0 Å². The molecule has 2 rings (SSSR count). The highest BCUT2D eigenvalue weighted by molar-refractivity contribution is 5.98. The van der Waals surface area contributed by atoms with Crippen LogP contribution in [0.3, 0.4) is 0 Å². The van der Waals surface area contributed by atoms with Gasteiger partial charge < -0.3 is 0 Å². The Balaban J connectivity index is 2.27. The maximum atomic E-state index is 4.43. The van der Waals surface area contributed by atoms with Gasteiger partial charge in [-0.2, -0.15) is 0 Å². The zero-order valence-corrected chi connectivity index (χ0v) is 9.56. The third-order valence-electron chi connectivity index (χ3n) is 2.55. The second-order valence-corrected chi connectivity index (χ2v) is 3.81. The summed E-state index contributed by atoms with van der Waals surface area (Å²) < 4.78 is 0. The Morgan fingerprint density at radius 1 is 1.25 bits per heavy atom. The van der Waals surface area contributed by atoms with Gasteiger partial charge in [0.2, 0.25) is 0 Å². The van der Waals surface area contributed by atoms with Gasteiger partial charge in [0.05, 0.1) is 5.52 Å². The van der Waals surface area contributed by atoms with Gasteiger partial charge in [-0.25, -0.2) is 0 Å². The molecule has 1 heterocycles. The number of aromatic nitrogens is 1. The average Bonchev–Trinajstić information content (AvgIpc) is 2.35. The summed E-state index contributed by atoms with van der Waals surface area (Å²) in [5.41, 5.74) is 2.18. The van der Waals surface area contributed by atoms with Crippen molar-refractivity contribution in [2.45, 2.75) is 19.8 Å². The lowest BCUT2D eigenvalue weighted by Gasteiger charge is -2.00. The molecule has 0 aliphatic rings. The Hall–Kier alpha value is -1.70. The van der Waals surface area contributed by atoms with Crippen LogP contribution in [0.4, 0.5) is 0 Å². The minimum absolute atomic E-state index is 0.910. The second kappa shape index (κ2) is 5.40. The normalized spacial score (nSPS) is 11.3. The first kappa shape index (κ1) is 10.8. The summed E-state index contributed by atoms with van der Waals surface area (Å²) in [6.07, 6.45) is 6.12. The van der Waals surface area contributed by atoms with Crippen LogP contribution in [-0.2, 0) is 0 Å². The van der Waals surface area contributed by atoms with Gasteiger partial charge >= 0.3 is 0 Å². The molecule has 0 fully saturated rings. The fourth-order valence-corrected chi connectivity index (χ4v) is 1.65. The van der Waals surface area contributed by atoms with Crippen LogP contribution in [0, 0.1) is 0 Å². The average molecular weight is 212 g/mol. The molecule has 0 N–H and O–H groups in total. The molecule has 1 aromatic carbocycles. The molecule has 2 heteroatoms. The van der Waals surface area contributed by atoms with Crippen molar-refractivity contribution in [2.75, 3.05) is 6.54 Å². The van der Waals surface area contributed by atoms with E-state index in [9.17, 15) is 0 Å². The molecule has 1 aromatic heterocycles. The number of hydrogen-bond donors (Lipinski definition) is 0. The van der Waals surface area contributed by atoms with Gasteiger partial charge in [0.1, 0.15) is 0 Å². The van der Waals surface area contributed by atoms with Crippen molar-refractivity contribution < 1.29 is 0 Å². The highest BCUT2D eigenvalue weighted by Gasteiger charge is 1.97. The molecule has 0 amide bonds. The number of aliphatic imine (C=N–C) groups is 1. The minimum Gasteiger partial charge on any atom is -0.293 e. The molecule has 0 bridgehead atoms. The van der Waals surface area contributed by atoms with Crippen molar-refractivity contribution in [1.82, 2.24) is 4.98 Å². The zero-order chi connectivity index (χ0) is 11.2. The van der Waals surface area contributed by atoms with Crippen LogP contribution in [0.15, 0.2) is 41.5 Å². The van der Waals surface area contributed by atoms with Gasteiger partial charge in [0.15, 0.2) is 0 Å². The molecule has 0 aliphatic heterocycles. The van der Waals surface area contributed by atoms with E-state index in [2.05, 4.69) is 29.0 Å². The van der Waals surface area contributed by atoms with E-state index < -0.39 is 0 Å². The predicted octanol–water partition coefficient (Wildman–Crippen LogP) is 3.45. The molecular formula is C14H16N2. The molecule has 2 nitrogen and oxygen atoms in total. The minimum atomic E-state index is 0.910. The summed E-state index contributed by atoms with van der Waals surface area (Å²) >= 11 is 0. The van der Waals surface area contributed by atoms with E-state index in [1.54, 1.807) is 0 Å². The third-order valence-corrected chi connectivity index (χ3v) is 2.55. The van der Waals surface area contributed by atoms with E-state index in [1.807, 2.05) is 30.6 Å². The fourth-order valence-electron chi connectivity index (χ4n) is 1.65. The van der Waals surface area contributed by atoms with Crippen molar-refractivity contribution >= 4 is 17.1 Å². The predicted molar refractivity (Wildman–Crippen MR) is 69.1 cm³/mol. The first-order valence-corrected chi connectivity index (χ1v) is 5.75. The zero-order valence-electron chi connectivity index (χ0n) is 9.56. The van der Waals surface area contributed by atoms with Gasteiger partial charge in [-0.1, -0.05) is 31.5 Å². The smallest absolute Gasteiger partial charge is 0.0708 e. The molecule has 16 heavy (non-hydrogen) atoms. The maximum absolute atomic E-state index is 4.43. The van der Waals surface area contributed by atoms with E-state index in [0.29, 0.717) is 0 Å². The lowest BCUT2D eigenvalue weighted by molar-refractivity contribution is 0.810. The highest BCUT2D eigenvalue weighted by atomic mass is 14.7. The Kier molecular flexibility index (Phi) is 3.65. The largest absolute Gasteiger partial charge is 0.293 e. The second-order valence-electron chi connectivity index (χ2n) is 3.81. The Morgan fingerprint density at radius 3 is 3.06 bits per heavy atom. The Bertz CT molecular complexity index is 484. The Morgan fingerprint density at radius 2 is 2.19 bits per heavy atom.